The van der Waals surface area contributed by atoms with Crippen molar-refractivity contribution in [2.45, 2.75) is 41.2 Å². The molecular formula is C15H27N3. The highest BCUT2D eigenvalue weighted by atomic mass is 15.3. The van der Waals surface area contributed by atoms with E-state index in [1.165, 1.54) is 11.3 Å². The van der Waals surface area contributed by atoms with Crippen LogP contribution in [0, 0.1) is 11.8 Å². The second kappa shape index (κ2) is 7.37. The molecule has 1 rings (SSSR count). The van der Waals surface area contributed by atoms with E-state index in [9.17, 15) is 0 Å². The van der Waals surface area contributed by atoms with Crippen LogP contribution in [0.1, 0.15) is 40.3 Å². The maximum absolute atomic E-state index is 4.31. The number of hydrogen-bond acceptors (Lipinski definition) is 2. The van der Waals surface area contributed by atoms with Crippen molar-refractivity contribution < 1.29 is 0 Å². The Morgan fingerprint density at radius 1 is 1.39 bits per heavy atom. The van der Waals surface area contributed by atoms with Crippen LogP contribution in [-0.4, -0.2) is 22.9 Å². The third kappa shape index (κ3) is 4.65. The zero-order valence-corrected chi connectivity index (χ0v) is 12.4. The van der Waals surface area contributed by atoms with Gasteiger partial charge in [-0.25, -0.2) is 0 Å². The summed E-state index contributed by atoms with van der Waals surface area (Å²) in [4.78, 5) is 0. The minimum atomic E-state index is 0.560. The molecule has 0 spiro atoms. The monoisotopic (exact) mass is 249 g/mol. The lowest BCUT2D eigenvalue weighted by Gasteiger charge is -2.14. The third-order valence-electron chi connectivity index (χ3n) is 3.01. The molecule has 102 valence electrons. The van der Waals surface area contributed by atoms with Crippen molar-refractivity contribution in [2.24, 2.45) is 11.8 Å². The molecule has 0 fully saturated rings. The highest BCUT2D eigenvalue weighted by Gasteiger charge is 2.06. The van der Waals surface area contributed by atoms with Gasteiger partial charge in [-0.3, -0.25) is 4.68 Å². The molecule has 1 aromatic rings. The van der Waals surface area contributed by atoms with Gasteiger partial charge < -0.3 is 5.32 Å². The Morgan fingerprint density at radius 2 is 2.11 bits per heavy atom. The van der Waals surface area contributed by atoms with Gasteiger partial charge in [-0.15, -0.1) is 0 Å². The average Bonchev–Trinajstić information content (AvgIpc) is 2.74. The van der Waals surface area contributed by atoms with E-state index in [4.69, 9.17) is 0 Å². The molecular weight excluding hydrogens is 222 g/mol. The second-order valence-electron chi connectivity index (χ2n) is 5.47. The molecule has 0 amide bonds. The minimum absolute atomic E-state index is 0.560. The molecule has 18 heavy (non-hydrogen) atoms. The first-order chi connectivity index (χ1) is 8.54. The van der Waals surface area contributed by atoms with Crippen LogP contribution >= 0.6 is 0 Å². The predicted octanol–water partition coefficient (Wildman–Crippen LogP) is 3.19. The Morgan fingerprint density at radius 3 is 2.67 bits per heavy atom. The van der Waals surface area contributed by atoms with Crippen LogP contribution < -0.4 is 5.32 Å². The fourth-order valence-electron chi connectivity index (χ4n) is 1.85. The molecule has 0 aliphatic carbocycles. The summed E-state index contributed by atoms with van der Waals surface area (Å²) >= 11 is 0. The Labute approximate surface area is 111 Å². The molecule has 0 bridgehead atoms. The SMILES string of the molecule is CCn1nccc1/C=C(/CNCC(C)C)C(C)C. The van der Waals surface area contributed by atoms with Crippen LogP contribution in [0.2, 0.25) is 0 Å². The van der Waals surface area contributed by atoms with Gasteiger partial charge >= 0.3 is 0 Å². The van der Waals surface area contributed by atoms with E-state index in [-0.39, 0.29) is 0 Å². The number of hydrogen-bond donors (Lipinski definition) is 1. The largest absolute Gasteiger partial charge is 0.313 e. The lowest BCUT2D eigenvalue weighted by molar-refractivity contribution is 0.558. The molecule has 3 heteroatoms. The number of rotatable bonds is 7. The van der Waals surface area contributed by atoms with Gasteiger partial charge in [0.1, 0.15) is 0 Å². The van der Waals surface area contributed by atoms with Crippen LogP contribution in [0.4, 0.5) is 0 Å². The Bertz CT molecular complexity index is 375. The molecule has 0 aliphatic heterocycles. The molecule has 1 heterocycles. The van der Waals surface area contributed by atoms with Gasteiger partial charge in [0.2, 0.25) is 0 Å². The van der Waals surface area contributed by atoms with E-state index in [0.717, 1.165) is 19.6 Å². The molecule has 0 radical (unpaired) electrons. The fourth-order valence-corrected chi connectivity index (χ4v) is 1.85. The summed E-state index contributed by atoms with van der Waals surface area (Å²) in [5.41, 5.74) is 2.64. The second-order valence-corrected chi connectivity index (χ2v) is 5.47. The van der Waals surface area contributed by atoms with Gasteiger partial charge in [-0.1, -0.05) is 33.3 Å². The van der Waals surface area contributed by atoms with E-state index >= 15 is 0 Å². The summed E-state index contributed by atoms with van der Waals surface area (Å²) < 4.78 is 2.03. The van der Waals surface area contributed by atoms with E-state index in [2.05, 4.69) is 57.2 Å². The van der Waals surface area contributed by atoms with E-state index < -0.39 is 0 Å². The number of aryl methyl sites for hydroxylation is 1. The van der Waals surface area contributed by atoms with Crippen LogP contribution in [0.15, 0.2) is 17.8 Å². The molecule has 1 N–H and O–H groups in total. The van der Waals surface area contributed by atoms with Crippen LogP contribution in [0.25, 0.3) is 6.08 Å². The lowest BCUT2D eigenvalue weighted by atomic mass is 10.0. The van der Waals surface area contributed by atoms with Crippen molar-refractivity contribution in [3.8, 4) is 0 Å². The zero-order chi connectivity index (χ0) is 13.5. The Hall–Kier alpha value is -1.09. The highest BCUT2D eigenvalue weighted by molar-refractivity contribution is 5.50. The summed E-state index contributed by atoms with van der Waals surface area (Å²) in [6.45, 7) is 14.0. The van der Waals surface area contributed by atoms with Crippen molar-refractivity contribution in [3.63, 3.8) is 0 Å². The number of nitrogens with one attached hydrogen (secondary N) is 1. The molecule has 0 aliphatic rings. The van der Waals surface area contributed by atoms with Gasteiger partial charge in [0, 0.05) is 19.3 Å². The van der Waals surface area contributed by atoms with Crippen molar-refractivity contribution in [1.29, 1.82) is 0 Å². The summed E-state index contributed by atoms with van der Waals surface area (Å²) in [6, 6.07) is 2.08. The molecule has 0 atom stereocenters. The van der Waals surface area contributed by atoms with E-state index in [1.807, 2.05) is 10.9 Å². The standard InChI is InChI=1S/C15H27N3/c1-6-18-15(7-8-17-18)9-14(13(4)5)11-16-10-12(2)3/h7-9,12-13,16H,6,10-11H2,1-5H3/b14-9-. The first-order valence-electron chi connectivity index (χ1n) is 6.97. The zero-order valence-electron chi connectivity index (χ0n) is 12.4. The Kier molecular flexibility index (Phi) is 6.13. The van der Waals surface area contributed by atoms with E-state index in [0.29, 0.717) is 11.8 Å². The quantitative estimate of drug-likeness (QED) is 0.804. The van der Waals surface area contributed by atoms with Gasteiger partial charge in [0.15, 0.2) is 0 Å². The first-order valence-corrected chi connectivity index (χ1v) is 6.97. The van der Waals surface area contributed by atoms with E-state index in [1.54, 1.807) is 0 Å². The van der Waals surface area contributed by atoms with Gasteiger partial charge in [-0.2, -0.15) is 5.10 Å². The van der Waals surface area contributed by atoms with Gasteiger partial charge in [0.25, 0.3) is 0 Å². The normalized spacial score (nSPS) is 12.7. The number of nitrogens with zero attached hydrogens (tertiary/aromatic N) is 2. The molecule has 0 aromatic carbocycles. The highest BCUT2D eigenvalue weighted by Crippen LogP contribution is 2.14. The summed E-state index contributed by atoms with van der Waals surface area (Å²) in [6.07, 6.45) is 4.14. The molecule has 0 unspecified atom stereocenters. The minimum Gasteiger partial charge on any atom is -0.313 e. The van der Waals surface area contributed by atoms with Crippen molar-refractivity contribution >= 4 is 6.08 Å². The van der Waals surface area contributed by atoms with Crippen molar-refractivity contribution in [2.75, 3.05) is 13.1 Å². The smallest absolute Gasteiger partial charge is 0.0609 e. The Balaban J connectivity index is 2.72. The first kappa shape index (κ1) is 15.0. The maximum atomic E-state index is 4.31. The maximum Gasteiger partial charge on any atom is 0.0609 e. The molecule has 3 nitrogen and oxygen atoms in total. The van der Waals surface area contributed by atoms with Crippen molar-refractivity contribution in [3.05, 3.63) is 23.5 Å². The van der Waals surface area contributed by atoms with Gasteiger partial charge in [0.05, 0.1) is 5.69 Å². The van der Waals surface area contributed by atoms with Crippen LogP contribution in [-0.2, 0) is 6.54 Å². The van der Waals surface area contributed by atoms with Gasteiger partial charge in [-0.05, 0) is 37.4 Å². The van der Waals surface area contributed by atoms with Crippen LogP contribution in [0.3, 0.4) is 0 Å². The fraction of sp³-hybridized carbons (Fsp3) is 0.667. The lowest BCUT2D eigenvalue weighted by Crippen LogP contribution is -2.23. The third-order valence-corrected chi connectivity index (χ3v) is 3.01. The molecule has 0 saturated carbocycles. The predicted molar refractivity (Wildman–Crippen MR) is 78.4 cm³/mol. The summed E-state index contributed by atoms with van der Waals surface area (Å²) in [5.74, 6) is 1.25. The van der Waals surface area contributed by atoms with Crippen molar-refractivity contribution in [1.82, 2.24) is 15.1 Å². The average molecular weight is 249 g/mol. The molecule has 1 aromatic heterocycles. The number of aromatic nitrogens is 2. The topological polar surface area (TPSA) is 29.9 Å². The van der Waals surface area contributed by atoms with Crippen LogP contribution in [0.5, 0.6) is 0 Å². The summed E-state index contributed by atoms with van der Waals surface area (Å²) in [7, 11) is 0. The summed E-state index contributed by atoms with van der Waals surface area (Å²) in [5, 5.41) is 7.83. The molecule has 0 saturated heterocycles.